The summed E-state index contributed by atoms with van der Waals surface area (Å²) in [5, 5.41) is 6.56. The molecule has 144 valence electrons. The van der Waals surface area contributed by atoms with Gasteiger partial charge in [-0.2, -0.15) is 0 Å². The number of nitrogens with zero attached hydrogens (tertiary/aromatic N) is 2. The van der Waals surface area contributed by atoms with Gasteiger partial charge >= 0.3 is 0 Å². The summed E-state index contributed by atoms with van der Waals surface area (Å²) in [5.74, 6) is 2.33. The molecule has 0 atom stereocenters. The topological polar surface area (TPSA) is 62.5 Å². The Morgan fingerprint density at radius 3 is 2.38 bits per heavy atom. The molecule has 0 saturated heterocycles. The summed E-state index contributed by atoms with van der Waals surface area (Å²) in [6.45, 7) is 12.5. The van der Waals surface area contributed by atoms with E-state index in [1.165, 1.54) is 11.1 Å². The zero-order valence-corrected chi connectivity index (χ0v) is 18.8. The molecule has 0 aliphatic rings. The number of hydrogen-bond acceptors (Lipinski definition) is 3. The maximum atomic E-state index is 5.82. The van der Waals surface area contributed by atoms with Crippen LogP contribution in [0, 0.1) is 0 Å². The lowest BCUT2D eigenvalue weighted by Crippen LogP contribution is -2.36. The molecule has 0 unspecified atom stereocenters. The predicted molar refractivity (Wildman–Crippen MR) is 118 cm³/mol. The Hall–Kier alpha value is -1.57. The van der Waals surface area contributed by atoms with Crippen LogP contribution in [-0.4, -0.2) is 17.5 Å². The zero-order chi connectivity index (χ0) is 18.3. The largest absolute Gasteiger partial charge is 0.443 e. The average Bonchev–Trinajstić information content (AvgIpc) is 3.07. The van der Waals surface area contributed by atoms with Gasteiger partial charge in [0.1, 0.15) is 5.76 Å². The number of hydrogen-bond donors (Lipinski definition) is 2. The second kappa shape index (κ2) is 10.5. The normalized spacial score (nSPS) is 11.8. The van der Waals surface area contributed by atoms with E-state index in [2.05, 4.69) is 79.5 Å². The van der Waals surface area contributed by atoms with Gasteiger partial charge in [0.25, 0.3) is 0 Å². The molecule has 0 saturated carbocycles. The lowest BCUT2D eigenvalue weighted by molar-refractivity contribution is 0.379. The van der Waals surface area contributed by atoms with Gasteiger partial charge in [0, 0.05) is 12.0 Å². The molecule has 2 rings (SSSR count). The molecule has 0 bridgehead atoms. The van der Waals surface area contributed by atoms with Crippen molar-refractivity contribution in [3.8, 4) is 0 Å². The van der Waals surface area contributed by atoms with Gasteiger partial charge in [-0.3, -0.25) is 0 Å². The van der Waals surface area contributed by atoms with Crippen molar-refractivity contribution >= 4 is 29.9 Å². The van der Waals surface area contributed by atoms with Crippen molar-refractivity contribution in [1.82, 2.24) is 15.6 Å². The monoisotopic (exact) mass is 470 g/mol. The maximum absolute atomic E-state index is 5.82. The summed E-state index contributed by atoms with van der Waals surface area (Å²) < 4.78 is 5.82. The number of rotatable bonds is 6. The predicted octanol–water partition coefficient (Wildman–Crippen LogP) is 4.41. The lowest BCUT2D eigenvalue weighted by atomic mass is 9.94. The third-order valence-corrected chi connectivity index (χ3v) is 3.95. The van der Waals surface area contributed by atoms with Crippen LogP contribution < -0.4 is 10.6 Å². The molecule has 26 heavy (non-hydrogen) atoms. The number of oxazole rings is 1. The van der Waals surface area contributed by atoms with E-state index in [0.717, 1.165) is 24.7 Å². The fourth-order valence-corrected chi connectivity index (χ4v) is 2.46. The summed E-state index contributed by atoms with van der Waals surface area (Å²) in [4.78, 5) is 9.04. The highest BCUT2D eigenvalue weighted by Gasteiger charge is 2.19. The van der Waals surface area contributed by atoms with Crippen LogP contribution in [0.4, 0.5) is 0 Å². The summed E-state index contributed by atoms with van der Waals surface area (Å²) in [7, 11) is 0. The van der Waals surface area contributed by atoms with E-state index in [4.69, 9.17) is 4.42 Å². The van der Waals surface area contributed by atoms with E-state index in [1.807, 2.05) is 0 Å². The van der Waals surface area contributed by atoms with Crippen LogP contribution in [-0.2, 0) is 24.9 Å². The third-order valence-electron chi connectivity index (χ3n) is 3.95. The summed E-state index contributed by atoms with van der Waals surface area (Å²) >= 11 is 0. The van der Waals surface area contributed by atoms with E-state index in [-0.39, 0.29) is 29.4 Å². The van der Waals surface area contributed by atoms with Crippen LogP contribution in [0.5, 0.6) is 0 Å². The Morgan fingerprint density at radius 2 is 1.81 bits per heavy atom. The molecule has 5 nitrogen and oxygen atoms in total. The Balaban J connectivity index is 0.00000338. The average molecular weight is 470 g/mol. The molecule has 0 aliphatic carbocycles. The standard InChI is InChI=1S/C20H30N4O.HI/c1-6-15-10-8-9-11-16(15)12-23-19(21-7-2)24-14-18-22-13-17(25-18)20(3,4)5;/h8-11,13H,6-7,12,14H2,1-5H3,(H2,21,23,24);1H. The molecular formula is C20H31IN4O. The van der Waals surface area contributed by atoms with Crippen molar-refractivity contribution in [2.75, 3.05) is 6.54 Å². The van der Waals surface area contributed by atoms with Crippen molar-refractivity contribution in [2.45, 2.75) is 59.5 Å². The highest BCUT2D eigenvalue weighted by molar-refractivity contribution is 14.0. The SMILES string of the molecule is CCNC(=NCc1ccccc1CC)NCc1ncc(C(C)(C)C)o1.I. The number of aryl methyl sites for hydroxylation is 1. The minimum absolute atomic E-state index is 0. The maximum Gasteiger partial charge on any atom is 0.213 e. The Kier molecular flexibility index (Phi) is 9.12. The molecule has 1 aromatic heterocycles. The fraction of sp³-hybridized carbons (Fsp3) is 0.500. The van der Waals surface area contributed by atoms with Gasteiger partial charge < -0.3 is 15.1 Å². The van der Waals surface area contributed by atoms with Gasteiger partial charge in [-0.25, -0.2) is 9.98 Å². The first kappa shape index (κ1) is 22.5. The van der Waals surface area contributed by atoms with Gasteiger partial charge in [0.15, 0.2) is 5.96 Å². The van der Waals surface area contributed by atoms with Crippen LogP contribution in [0.15, 0.2) is 39.9 Å². The van der Waals surface area contributed by atoms with Gasteiger partial charge in [0.05, 0.1) is 19.3 Å². The molecule has 2 aromatic rings. The van der Waals surface area contributed by atoms with Gasteiger partial charge in [0.2, 0.25) is 5.89 Å². The van der Waals surface area contributed by atoms with Crippen LogP contribution in [0.25, 0.3) is 0 Å². The third kappa shape index (κ3) is 6.63. The highest BCUT2D eigenvalue weighted by atomic mass is 127. The minimum Gasteiger partial charge on any atom is -0.443 e. The van der Waals surface area contributed by atoms with E-state index in [9.17, 15) is 0 Å². The van der Waals surface area contributed by atoms with Crippen LogP contribution >= 0.6 is 24.0 Å². The van der Waals surface area contributed by atoms with Crippen molar-refractivity contribution in [1.29, 1.82) is 0 Å². The zero-order valence-electron chi connectivity index (χ0n) is 16.4. The molecule has 0 fully saturated rings. The molecule has 0 spiro atoms. The van der Waals surface area contributed by atoms with Crippen LogP contribution in [0.3, 0.4) is 0 Å². The summed E-state index contributed by atoms with van der Waals surface area (Å²) in [6.07, 6.45) is 2.82. The number of nitrogens with one attached hydrogen (secondary N) is 2. The van der Waals surface area contributed by atoms with Crippen LogP contribution in [0.1, 0.15) is 57.4 Å². The second-order valence-electron chi connectivity index (χ2n) is 7.04. The Labute approximate surface area is 174 Å². The first-order valence-electron chi connectivity index (χ1n) is 8.98. The van der Waals surface area contributed by atoms with E-state index < -0.39 is 0 Å². The number of benzene rings is 1. The number of aromatic nitrogens is 1. The summed E-state index contributed by atoms with van der Waals surface area (Å²) in [6, 6.07) is 8.43. The molecular weight excluding hydrogens is 439 g/mol. The number of guanidine groups is 1. The molecule has 0 amide bonds. The molecule has 1 heterocycles. The fourth-order valence-electron chi connectivity index (χ4n) is 2.46. The minimum atomic E-state index is -0.0340. The Bertz CT molecular complexity index is 704. The number of halogens is 1. The van der Waals surface area contributed by atoms with E-state index in [1.54, 1.807) is 6.20 Å². The van der Waals surface area contributed by atoms with Crippen molar-refractivity contribution in [3.63, 3.8) is 0 Å². The number of aliphatic imine (C=N–C) groups is 1. The molecule has 1 aromatic carbocycles. The molecule has 0 aliphatic heterocycles. The Morgan fingerprint density at radius 1 is 1.12 bits per heavy atom. The van der Waals surface area contributed by atoms with Gasteiger partial charge in [-0.15, -0.1) is 24.0 Å². The van der Waals surface area contributed by atoms with Crippen molar-refractivity contribution < 1.29 is 4.42 Å². The smallest absolute Gasteiger partial charge is 0.213 e. The molecule has 2 N–H and O–H groups in total. The summed E-state index contributed by atoms with van der Waals surface area (Å²) in [5.41, 5.74) is 2.56. The first-order chi connectivity index (χ1) is 11.9. The van der Waals surface area contributed by atoms with Gasteiger partial charge in [-0.05, 0) is 24.5 Å². The highest BCUT2D eigenvalue weighted by Crippen LogP contribution is 2.22. The quantitative estimate of drug-likeness (QED) is 0.373. The first-order valence-corrected chi connectivity index (χ1v) is 8.98. The lowest BCUT2D eigenvalue weighted by Gasteiger charge is -2.13. The van der Waals surface area contributed by atoms with Crippen LogP contribution in [0.2, 0.25) is 0 Å². The van der Waals surface area contributed by atoms with Crippen molar-refractivity contribution in [2.24, 2.45) is 4.99 Å². The molecule has 0 radical (unpaired) electrons. The van der Waals surface area contributed by atoms with Crippen molar-refractivity contribution in [3.05, 3.63) is 53.2 Å². The van der Waals surface area contributed by atoms with E-state index >= 15 is 0 Å². The molecule has 6 heteroatoms. The van der Waals surface area contributed by atoms with E-state index in [0.29, 0.717) is 19.0 Å². The second-order valence-corrected chi connectivity index (χ2v) is 7.04. The van der Waals surface area contributed by atoms with Gasteiger partial charge in [-0.1, -0.05) is 52.0 Å².